The molecule has 3 rings (SSSR count). The Morgan fingerprint density at radius 3 is 2.95 bits per heavy atom. The highest BCUT2D eigenvalue weighted by Gasteiger charge is 2.40. The maximum atomic E-state index is 11.9. The molecular formula is C14H19N3O2S. The Kier molecular flexibility index (Phi) is 3.76. The first-order valence-corrected chi connectivity index (χ1v) is 7.89. The van der Waals surface area contributed by atoms with Crippen LogP contribution in [0.15, 0.2) is 11.4 Å². The summed E-state index contributed by atoms with van der Waals surface area (Å²) >= 11 is 1.82. The average molecular weight is 293 g/mol. The smallest absolute Gasteiger partial charge is 0.321 e. The van der Waals surface area contributed by atoms with E-state index in [1.54, 1.807) is 0 Å². The van der Waals surface area contributed by atoms with E-state index in [4.69, 9.17) is 0 Å². The minimum atomic E-state index is -0.439. The molecule has 0 bridgehead atoms. The fraction of sp³-hybridized carbons (Fsp3) is 0.571. The van der Waals surface area contributed by atoms with Crippen molar-refractivity contribution in [1.29, 1.82) is 0 Å². The summed E-state index contributed by atoms with van der Waals surface area (Å²) in [5.41, 5.74) is 1.40. The van der Waals surface area contributed by atoms with Crippen LogP contribution in [0.2, 0.25) is 0 Å². The van der Waals surface area contributed by atoms with Gasteiger partial charge in [-0.1, -0.05) is 0 Å². The summed E-state index contributed by atoms with van der Waals surface area (Å²) in [7, 11) is 1.51. The van der Waals surface area contributed by atoms with Gasteiger partial charge in [-0.3, -0.25) is 15.0 Å². The van der Waals surface area contributed by atoms with Crippen LogP contribution in [0.5, 0.6) is 0 Å². The number of urea groups is 1. The van der Waals surface area contributed by atoms with E-state index in [2.05, 4.69) is 27.0 Å². The Hall–Kier alpha value is -1.40. The highest BCUT2D eigenvalue weighted by atomic mass is 32.1. The molecule has 20 heavy (non-hydrogen) atoms. The molecular weight excluding hydrogens is 274 g/mol. The van der Waals surface area contributed by atoms with E-state index in [0.29, 0.717) is 18.5 Å². The molecule has 1 atom stereocenters. The third kappa shape index (κ3) is 2.71. The van der Waals surface area contributed by atoms with E-state index >= 15 is 0 Å². The van der Waals surface area contributed by atoms with Gasteiger partial charge in [-0.2, -0.15) is 0 Å². The number of carbonyl (C=O) groups is 2. The molecule has 1 aliphatic heterocycles. The van der Waals surface area contributed by atoms with E-state index in [9.17, 15) is 9.59 Å². The first-order chi connectivity index (χ1) is 9.69. The molecule has 0 spiro atoms. The Bertz CT molecular complexity index is 524. The first-order valence-electron chi connectivity index (χ1n) is 7.01. The van der Waals surface area contributed by atoms with Gasteiger partial charge in [-0.05, 0) is 42.2 Å². The minimum absolute atomic E-state index is 0.228. The zero-order valence-corrected chi connectivity index (χ0v) is 12.3. The lowest BCUT2D eigenvalue weighted by Crippen LogP contribution is -2.46. The molecule has 0 radical (unpaired) electrons. The van der Waals surface area contributed by atoms with E-state index < -0.39 is 6.03 Å². The second-order valence-corrected chi connectivity index (χ2v) is 6.43. The summed E-state index contributed by atoms with van der Waals surface area (Å²) in [4.78, 5) is 26.8. The van der Waals surface area contributed by atoms with Crippen molar-refractivity contribution in [2.45, 2.75) is 25.3 Å². The fourth-order valence-corrected chi connectivity index (χ4v) is 3.87. The molecule has 2 heterocycles. The maximum absolute atomic E-state index is 11.9. The Morgan fingerprint density at radius 2 is 2.25 bits per heavy atom. The number of hydrogen-bond acceptors (Lipinski definition) is 4. The zero-order chi connectivity index (χ0) is 14.1. The average Bonchev–Trinajstić information content (AvgIpc) is 3.15. The Morgan fingerprint density at radius 1 is 1.45 bits per heavy atom. The van der Waals surface area contributed by atoms with Gasteiger partial charge in [0.1, 0.15) is 0 Å². The number of imide groups is 1. The summed E-state index contributed by atoms with van der Waals surface area (Å²) in [6, 6.07) is 2.12. The number of carbonyl (C=O) groups excluding carboxylic acids is 2. The van der Waals surface area contributed by atoms with Gasteiger partial charge < -0.3 is 5.32 Å². The molecule has 1 aliphatic carbocycles. The number of fused-ring (bicyclic) bond motifs is 1. The molecule has 1 fully saturated rings. The summed E-state index contributed by atoms with van der Waals surface area (Å²) in [6.45, 7) is 1.19. The molecule has 0 unspecified atom stereocenters. The van der Waals surface area contributed by atoms with Crippen LogP contribution < -0.4 is 10.6 Å². The van der Waals surface area contributed by atoms with Crippen LogP contribution >= 0.6 is 11.3 Å². The van der Waals surface area contributed by atoms with Crippen LogP contribution in [0.25, 0.3) is 0 Å². The standard InChI is InChI=1S/C14H19N3O2S/c1-15-14(19)16-12(18)8-17-6-4-11-10(5-7-20-11)13(17)9-2-3-9/h5,7,9,13H,2-4,6,8H2,1H3,(H2,15,16,18,19)/t13-/m1/s1. The van der Waals surface area contributed by atoms with Crippen molar-refractivity contribution >= 4 is 23.3 Å². The number of hydrogen-bond donors (Lipinski definition) is 2. The normalized spacial score (nSPS) is 22.1. The number of amides is 3. The monoisotopic (exact) mass is 293 g/mol. The Labute approximate surface area is 122 Å². The lowest BCUT2D eigenvalue weighted by molar-refractivity contribution is -0.122. The lowest BCUT2D eigenvalue weighted by Gasteiger charge is -2.35. The molecule has 5 nitrogen and oxygen atoms in total. The second-order valence-electron chi connectivity index (χ2n) is 5.43. The van der Waals surface area contributed by atoms with Crippen molar-refractivity contribution in [3.05, 3.63) is 21.9 Å². The molecule has 1 saturated carbocycles. The highest BCUT2D eigenvalue weighted by molar-refractivity contribution is 7.10. The summed E-state index contributed by atoms with van der Waals surface area (Å²) in [6.07, 6.45) is 3.49. The molecule has 0 aromatic carbocycles. The van der Waals surface area contributed by atoms with E-state index in [1.165, 1.54) is 30.3 Å². The predicted octanol–water partition coefficient (Wildman–Crippen LogP) is 1.51. The molecule has 6 heteroatoms. The van der Waals surface area contributed by atoms with E-state index in [1.807, 2.05) is 11.3 Å². The molecule has 2 N–H and O–H groups in total. The maximum Gasteiger partial charge on any atom is 0.321 e. The van der Waals surface area contributed by atoms with Crippen molar-refractivity contribution in [2.75, 3.05) is 20.1 Å². The van der Waals surface area contributed by atoms with Gasteiger partial charge >= 0.3 is 6.03 Å². The van der Waals surface area contributed by atoms with Crippen LogP contribution in [0.4, 0.5) is 4.79 Å². The molecule has 108 valence electrons. The first kappa shape index (κ1) is 13.6. The van der Waals surface area contributed by atoms with Crippen molar-refractivity contribution in [3.8, 4) is 0 Å². The van der Waals surface area contributed by atoms with Gasteiger partial charge in [-0.25, -0.2) is 4.79 Å². The largest absolute Gasteiger partial charge is 0.341 e. The quantitative estimate of drug-likeness (QED) is 0.888. The molecule has 1 aromatic heterocycles. The number of nitrogens with one attached hydrogen (secondary N) is 2. The van der Waals surface area contributed by atoms with Gasteiger partial charge in [0.15, 0.2) is 0 Å². The van der Waals surface area contributed by atoms with Crippen molar-refractivity contribution in [1.82, 2.24) is 15.5 Å². The van der Waals surface area contributed by atoms with E-state index in [-0.39, 0.29) is 5.91 Å². The summed E-state index contributed by atoms with van der Waals surface area (Å²) < 4.78 is 0. The highest BCUT2D eigenvalue weighted by Crippen LogP contribution is 2.48. The predicted molar refractivity (Wildman–Crippen MR) is 77.7 cm³/mol. The third-order valence-electron chi connectivity index (χ3n) is 4.01. The fourth-order valence-electron chi connectivity index (χ4n) is 2.95. The van der Waals surface area contributed by atoms with Gasteiger partial charge in [0.2, 0.25) is 5.91 Å². The van der Waals surface area contributed by atoms with Crippen LogP contribution in [0.3, 0.4) is 0 Å². The molecule has 1 aromatic rings. The van der Waals surface area contributed by atoms with E-state index in [0.717, 1.165) is 13.0 Å². The number of thiophene rings is 1. The van der Waals surface area contributed by atoms with Crippen molar-refractivity contribution in [2.24, 2.45) is 5.92 Å². The summed E-state index contributed by atoms with van der Waals surface area (Å²) in [5.74, 6) is 0.449. The van der Waals surface area contributed by atoms with Crippen LogP contribution in [0.1, 0.15) is 29.3 Å². The minimum Gasteiger partial charge on any atom is -0.341 e. The lowest BCUT2D eigenvalue weighted by atomic mass is 9.96. The summed E-state index contributed by atoms with van der Waals surface area (Å²) in [5, 5.41) is 6.90. The number of rotatable bonds is 3. The van der Waals surface area contributed by atoms with Crippen molar-refractivity contribution in [3.63, 3.8) is 0 Å². The zero-order valence-electron chi connectivity index (χ0n) is 11.5. The number of nitrogens with zero attached hydrogens (tertiary/aromatic N) is 1. The van der Waals surface area contributed by atoms with Crippen LogP contribution in [-0.4, -0.2) is 37.0 Å². The van der Waals surface area contributed by atoms with Crippen molar-refractivity contribution < 1.29 is 9.59 Å². The topological polar surface area (TPSA) is 61.4 Å². The molecule has 3 amide bonds. The molecule has 0 saturated heterocycles. The van der Waals surface area contributed by atoms with Gasteiger partial charge in [-0.15, -0.1) is 11.3 Å². The van der Waals surface area contributed by atoms with Gasteiger partial charge in [0, 0.05) is 24.5 Å². The SMILES string of the molecule is CNC(=O)NC(=O)CN1CCc2sccc2[C@H]1C1CC1. The van der Waals surface area contributed by atoms with Crippen LogP contribution in [-0.2, 0) is 11.2 Å². The Balaban J connectivity index is 1.70. The van der Waals surface area contributed by atoms with Gasteiger partial charge in [0.05, 0.1) is 6.54 Å². The molecule has 2 aliphatic rings. The third-order valence-corrected chi connectivity index (χ3v) is 5.01. The van der Waals surface area contributed by atoms with Crippen LogP contribution in [0, 0.1) is 5.92 Å². The second kappa shape index (κ2) is 5.54. The van der Waals surface area contributed by atoms with Gasteiger partial charge in [0.25, 0.3) is 0 Å².